The van der Waals surface area contributed by atoms with Crippen LogP contribution in [0.15, 0.2) is 12.1 Å². The Balaban J connectivity index is 1.62. The first-order chi connectivity index (χ1) is 11.9. The number of rotatable bonds is 3. The first-order valence-corrected chi connectivity index (χ1v) is 8.42. The minimum absolute atomic E-state index is 0.124. The Morgan fingerprint density at radius 2 is 1.72 bits per heavy atom. The van der Waals surface area contributed by atoms with Crippen LogP contribution < -0.4 is 9.80 Å². The lowest BCUT2D eigenvalue weighted by Crippen LogP contribution is -2.62. The van der Waals surface area contributed by atoms with Gasteiger partial charge in [-0.15, -0.1) is 10.2 Å². The Bertz CT molecular complexity index is 640. The average molecular weight is 347 g/mol. The summed E-state index contributed by atoms with van der Waals surface area (Å²) >= 11 is 0. The smallest absolute Gasteiger partial charge is 0.327 e. The lowest BCUT2D eigenvalue weighted by atomic mass is 10.1. The molecule has 1 unspecified atom stereocenters. The van der Waals surface area contributed by atoms with Crippen LogP contribution in [0.25, 0.3) is 0 Å². The van der Waals surface area contributed by atoms with E-state index in [9.17, 15) is 9.59 Å². The lowest BCUT2D eigenvalue weighted by Gasteiger charge is -2.45. The maximum Gasteiger partial charge on any atom is 0.327 e. The third-order valence-electron chi connectivity index (χ3n) is 4.92. The topological polar surface area (TPSA) is 76.1 Å². The third kappa shape index (κ3) is 3.37. The highest BCUT2D eigenvalue weighted by atomic mass is 16.2. The molecule has 1 aromatic heterocycles. The molecule has 1 aromatic rings. The van der Waals surface area contributed by atoms with Gasteiger partial charge in [0.15, 0.2) is 11.6 Å². The van der Waals surface area contributed by atoms with E-state index >= 15 is 0 Å². The molecule has 1 atom stereocenters. The van der Waals surface area contributed by atoms with Crippen molar-refractivity contribution in [3.05, 3.63) is 12.1 Å². The first kappa shape index (κ1) is 17.4. The van der Waals surface area contributed by atoms with Crippen molar-refractivity contribution in [3.63, 3.8) is 0 Å². The summed E-state index contributed by atoms with van der Waals surface area (Å²) in [6.45, 7) is 3.13. The summed E-state index contributed by atoms with van der Waals surface area (Å²) in [6.07, 6.45) is 0.177. The molecule has 2 fully saturated rings. The number of hydrogen-bond acceptors (Lipinski definition) is 7. The van der Waals surface area contributed by atoms with Crippen LogP contribution in [0.5, 0.6) is 0 Å². The Morgan fingerprint density at radius 3 is 2.28 bits per heavy atom. The highest BCUT2D eigenvalue weighted by Gasteiger charge is 2.38. The predicted molar refractivity (Wildman–Crippen MR) is 94.5 cm³/mol. The second kappa shape index (κ2) is 6.83. The molecule has 2 saturated heterocycles. The van der Waals surface area contributed by atoms with E-state index in [0.717, 1.165) is 37.8 Å². The minimum Gasteiger partial charge on any atom is -0.361 e. The van der Waals surface area contributed by atoms with Gasteiger partial charge in [0.2, 0.25) is 5.91 Å². The van der Waals surface area contributed by atoms with E-state index < -0.39 is 0 Å². The van der Waals surface area contributed by atoms with Crippen LogP contribution >= 0.6 is 0 Å². The summed E-state index contributed by atoms with van der Waals surface area (Å²) in [5.74, 6) is 1.56. The molecule has 2 aliphatic rings. The molecule has 0 N–H and O–H groups in total. The van der Waals surface area contributed by atoms with Crippen molar-refractivity contribution >= 4 is 23.6 Å². The van der Waals surface area contributed by atoms with Crippen molar-refractivity contribution in [1.82, 2.24) is 24.9 Å². The molecule has 9 heteroatoms. The molecular weight excluding hydrogens is 322 g/mol. The molecule has 0 aliphatic carbocycles. The SMILES string of the molecule is CN1C(=O)CC(N2CCN(c3ccc(N(C)C)nn3)CC2)N(C)C1=O. The zero-order valence-electron chi connectivity index (χ0n) is 15.2. The Morgan fingerprint density at radius 1 is 1.04 bits per heavy atom. The molecule has 0 saturated carbocycles. The number of nitrogens with zero attached hydrogens (tertiary/aromatic N) is 7. The molecule has 0 spiro atoms. The van der Waals surface area contributed by atoms with E-state index in [4.69, 9.17) is 0 Å². The van der Waals surface area contributed by atoms with Crippen molar-refractivity contribution in [2.75, 3.05) is 64.2 Å². The van der Waals surface area contributed by atoms with Gasteiger partial charge in [-0.25, -0.2) is 4.79 Å². The summed E-state index contributed by atoms with van der Waals surface area (Å²) < 4.78 is 0. The van der Waals surface area contributed by atoms with Gasteiger partial charge in [0.05, 0.1) is 12.6 Å². The zero-order chi connectivity index (χ0) is 18.1. The molecule has 3 heterocycles. The third-order valence-corrected chi connectivity index (χ3v) is 4.92. The number of anilines is 2. The fourth-order valence-corrected chi connectivity index (χ4v) is 3.25. The Kier molecular flexibility index (Phi) is 4.76. The summed E-state index contributed by atoms with van der Waals surface area (Å²) in [7, 11) is 7.16. The van der Waals surface area contributed by atoms with E-state index in [1.54, 1.807) is 11.9 Å². The van der Waals surface area contributed by atoms with Gasteiger partial charge in [-0.1, -0.05) is 0 Å². The van der Waals surface area contributed by atoms with E-state index in [-0.39, 0.29) is 18.1 Å². The highest BCUT2D eigenvalue weighted by molar-refractivity contribution is 5.96. The standard InChI is InChI=1S/C16H25N7O2/c1-19(2)12-5-6-13(18-17-12)22-7-9-23(10-8-22)14-11-15(24)21(4)16(25)20(14)3/h5-6,14H,7-11H2,1-4H3. The maximum atomic E-state index is 12.1. The van der Waals surface area contributed by atoms with Crippen molar-refractivity contribution in [3.8, 4) is 0 Å². The van der Waals surface area contributed by atoms with Crippen molar-refractivity contribution < 1.29 is 9.59 Å². The van der Waals surface area contributed by atoms with Crippen LogP contribution in [0.3, 0.4) is 0 Å². The summed E-state index contributed by atoms with van der Waals surface area (Å²) in [6, 6.07) is 3.69. The second-order valence-electron chi connectivity index (χ2n) is 6.70. The van der Waals surface area contributed by atoms with Gasteiger partial charge in [-0.05, 0) is 12.1 Å². The van der Waals surface area contributed by atoms with Crippen LogP contribution in [0.4, 0.5) is 16.4 Å². The summed E-state index contributed by atoms with van der Waals surface area (Å²) in [4.78, 5) is 33.3. The maximum absolute atomic E-state index is 12.1. The van der Waals surface area contributed by atoms with Crippen LogP contribution in [0, 0.1) is 0 Å². The number of amides is 3. The van der Waals surface area contributed by atoms with E-state index in [1.165, 1.54) is 11.9 Å². The Hall–Kier alpha value is -2.42. The summed E-state index contributed by atoms with van der Waals surface area (Å²) in [5.41, 5.74) is 0. The lowest BCUT2D eigenvalue weighted by molar-refractivity contribution is -0.134. The first-order valence-electron chi connectivity index (χ1n) is 8.42. The van der Waals surface area contributed by atoms with Crippen molar-refractivity contribution in [1.29, 1.82) is 0 Å². The quantitative estimate of drug-likeness (QED) is 0.756. The van der Waals surface area contributed by atoms with Gasteiger partial charge in [-0.2, -0.15) is 0 Å². The van der Waals surface area contributed by atoms with Gasteiger partial charge in [0.1, 0.15) is 0 Å². The Labute approximate surface area is 147 Å². The normalized spacial score (nSPS) is 22.6. The molecule has 0 radical (unpaired) electrons. The number of aromatic nitrogens is 2. The van der Waals surface area contributed by atoms with Crippen LogP contribution in [-0.2, 0) is 4.79 Å². The van der Waals surface area contributed by atoms with Crippen molar-refractivity contribution in [2.24, 2.45) is 0 Å². The number of carbonyl (C=O) groups is 2. The van der Waals surface area contributed by atoms with E-state index in [0.29, 0.717) is 6.42 Å². The molecule has 25 heavy (non-hydrogen) atoms. The monoisotopic (exact) mass is 347 g/mol. The van der Waals surface area contributed by atoms with Crippen LogP contribution in [0.1, 0.15) is 6.42 Å². The van der Waals surface area contributed by atoms with Gasteiger partial charge < -0.3 is 14.7 Å². The van der Waals surface area contributed by atoms with Crippen LogP contribution in [0.2, 0.25) is 0 Å². The van der Waals surface area contributed by atoms with Gasteiger partial charge in [0, 0.05) is 54.4 Å². The van der Waals surface area contributed by atoms with E-state index in [2.05, 4.69) is 20.0 Å². The van der Waals surface area contributed by atoms with Gasteiger partial charge >= 0.3 is 6.03 Å². The average Bonchev–Trinajstić information content (AvgIpc) is 2.63. The number of urea groups is 1. The fraction of sp³-hybridized carbons (Fsp3) is 0.625. The molecule has 0 bridgehead atoms. The molecule has 3 rings (SSSR count). The minimum atomic E-state index is -0.242. The van der Waals surface area contributed by atoms with Crippen molar-refractivity contribution in [2.45, 2.75) is 12.6 Å². The summed E-state index contributed by atoms with van der Waals surface area (Å²) in [5, 5.41) is 8.52. The fourth-order valence-electron chi connectivity index (χ4n) is 3.25. The molecule has 9 nitrogen and oxygen atoms in total. The number of imide groups is 1. The zero-order valence-corrected chi connectivity index (χ0v) is 15.2. The second-order valence-corrected chi connectivity index (χ2v) is 6.70. The molecule has 3 amide bonds. The number of piperazine rings is 1. The van der Waals surface area contributed by atoms with Crippen LogP contribution in [-0.4, -0.2) is 97.4 Å². The highest BCUT2D eigenvalue weighted by Crippen LogP contribution is 2.21. The number of carbonyl (C=O) groups excluding carboxylic acids is 2. The molecular formula is C16H25N7O2. The largest absolute Gasteiger partial charge is 0.361 e. The van der Waals surface area contributed by atoms with E-state index in [1.807, 2.05) is 31.1 Å². The molecule has 136 valence electrons. The van der Waals surface area contributed by atoms with Gasteiger partial charge in [-0.3, -0.25) is 14.6 Å². The number of hydrogen-bond donors (Lipinski definition) is 0. The van der Waals surface area contributed by atoms with Gasteiger partial charge in [0.25, 0.3) is 0 Å². The molecule has 0 aromatic carbocycles. The molecule has 2 aliphatic heterocycles. The predicted octanol–water partition coefficient (Wildman–Crippen LogP) is -0.0954.